The number of halogens is 3. The van der Waals surface area contributed by atoms with Crippen LogP contribution < -0.4 is 15.4 Å². The quantitative estimate of drug-likeness (QED) is 0.219. The van der Waals surface area contributed by atoms with Gasteiger partial charge in [0.2, 0.25) is 11.8 Å². The monoisotopic (exact) mass is 580 g/mol. The lowest BCUT2D eigenvalue weighted by Gasteiger charge is -2.23. The number of ether oxygens (including phenoxy) is 2. The minimum absolute atomic E-state index is 0.0374. The number of anilines is 2. The lowest BCUT2D eigenvalue weighted by Crippen LogP contribution is -2.26. The van der Waals surface area contributed by atoms with E-state index in [-0.39, 0.29) is 34.7 Å². The molecule has 1 amide bonds. The number of nitrogens with zero attached hydrogens (tertiary/aromatic N) is 3. The number of aromatic nitrogens is 4. The van der Waals surface area contributed by atoms with Gasteiger partial charge in [0.05, 0.1) is 25.0 Å². The van der Waals surface area contributed by atoms with Crippen molar-refractivity contribution in [3.05, 3.63) is 59.6 Å². The lowest BCUT2D eigenvalue weighted by molar-refractivity contribution is -0.127. The average molecular weight is 581 g/mol. The molecule has 0 spiro atoms. The first kappa shape index (κ1) is 27.5. The number of hydrogen-bond acceptors (Lipinski definition) is 8. The van der Waals surface area contributed by atoms with Gasteiger partial charge >= 0.3 is 6.18 Å². The Kier molecular flexibility index (Phi) is 7.19. The molecule has 0 atom stereocenters. The van der Waals surface area contributed by atoms with Crippen molar-refractivity contribution >= 4 is 39.7 Å². The second-order valence-corrected chi connectivity index (χ2v) is 9.99. The summed E-state index contributed by atoms with van der Waals surface area (Å²) in [6.07, 6.45) is -2.82. The first-order valence-corrected chi connectivity index (χ1v) is 13.4. The highest BCUT2D eigenvalue weighted by Gasteiger charge is 2.30. The maximum atomic E-state index is 13.5. The molecule has 4 heterocycles. The second kappa shape index (κ2) is 11.0. The minimum atomic E-state index is -4.50. The number of H-pyrrole nitrogens is 1. The van der Waals surface area contributed by atoms with Crippen molar-refractivity contribution in [2.75, 3.05) is 25.6 Å². The zero-order valence-electron chi connectivity index (χ0n) is 22.8. The summed E-state index contributed by atoms with van der Waals surface area (Å²) in [5.41, 5.74) is 3.48. The summed E-state index contributed by atoms with van der Waals surface area (Å²) < 4.78 is 58.0. The third kappa shape index (κ3) is 5.73. The van der Waals surface area contributed by atoms with E-state index in [0.29, 0.717) is 48.6 Å². The van der Waals surface area contributed by atoms with Crippen LogP contribution in [0.25, 0.3) is 33.3 Å². The van der Waals surface area contributed by atoms with E-state index >= 15 is 0 Å². The van der Waals surface area contributed by atoms with Crippen LogP contribution in [0.2, 0.25) is 0 Å². The molecule has 218 valence electrons. The lowest BCUT2D eigenvalue weighted by atomic mass is 10.0. The number of oxazole rings is 1. The van der Waals surface area contributed by atoms with Crippen molar-refractivity contribution in [3.63, 3.8) is 0 Å². The van der Waals surface area contributed by atoms with Crippen molar-refractivity contribution in [1.82, 2.24) is 25.3 Å². The average Bonchev–Trinajstić information content (AvgIpc) is 3.55. The van der Waals surface area contributed by atoms with Crippen molar-refractivity contribution in [3.8, 4) is 17.0 Å². The van der Waals surface area contributed by atoms with Crippen LogP contribution >= 0.6 is 0 Å². The molecule has 1 aliphatic rings. The van der Waals surface area contributed by atoms with E-state index in [1.54, 1.807) is 13.1 Å². The van der Waals surface area contributed by atoms with E-state index < -0.39 is 18.5 Å². The predicted molar refractivity (Wildman–Crippen MR) is 149 cm³/mol. The Morgan fingerprint density at radius 3 is 2.69 bits per heavy atom. The summed E-state index contributed by atoms with van der Waals surface area (Å²) in [4.78, 5) is 28.8. The number of nitrogens with one attached hydrogen (secondary N) is 3. The topological polar surface area (TPSA) is 127 Å². The van der Waals surface area contributed by atoms with E-state index in [9.17, 15) is 18.0 Å². The molecule has 0 unspecified atom stereocenters. The number of aryl methyl sites for hydroxylation is 1. The number of fused-ring (bicyclic) bond motifs is 2. The van der Waals surface area contributed by atoms with E-state index in [0.717, 1.165) is 16.6 Å². The molecule has 0 aliphatic carbocycles. The van der Waals surface area contributed by atoms with Crippen LogP contribution in [0.1, 0.15) is 34.7 Å². The maximum absolute atomic E-state index is 13.5. The van der Waals surface area contributed by atoms with Crippen LogP contribution in [0, 0.1) is 6.92 Å². The number of carbonyl (C=O) groups excluding carboxylic acids is 1. The van der Waals surface area contributed by atoms with Gasteiger partial charge in [-0.1, -0.05) is 6.07 Å². The highest BCUT2D eigenvalue weighted by molar-refractivity contribution is 5.99. The van der Waals surface area contributed by atoms with Crippen molar-refractivity contribution in [2.24, 2.45) is 0 Å². The summed E-state index contributed by atoms with van der Waals surface area (Å²) in [7, 11) is 1.41. The molecular weight excluding hydrogens is 553 g/mol. The SMILES string of the molecule is CNC(=O)c1ccc(Nc2nc(OC3CCOCC3)c3c(-c4ccc5nc(C)oc5c4)c[nH]c3n2)c(CC(F)(F)F)c1. The Hall–Kier alpha value is -4.65. The molecule has 0 bridgehead atoms. The fourth-order valence-corrected chi connectivity index (χ4v) is 5.01. The van der Waals surface area contributed by atoms with Gasteiger partial charge in [-0.05, 0) is 41.5 Å². The van der Waals surface area contributed by atoms with Crippen LogP contribution in [-0.4, -0.2) is 58.4 Å². The number of rotatable bonds is 7. The number of hydrogen-bond donors (Lipinski definition) is 3. The van der Waals surface area contributed by atoms with Crippen LogP contribution in [-0.2, 0) is 11.2 Å². The summed E-state index contributed by atoms with van der Waals surface area (Å²) >= 11 is 0. The van der Waals surface area contributed by atoms with E-state index in [2.05, 4.69) is 30.6 Å². The van der Waals surface area contributed by atoms with Gasteiger partial charge in [0.15, 0.2) is 11.5 Å². The molecule has 1 fully saturated rings. The number of carbonyl (C=O) groups is 1. The smallest absolute Gasteiger partial charge is 0.393 e. The number of alkyl halides is 3. The summed E-state index contributed by atoms with van der Waals surface area (Å²) in [5.74, 6) is 0.374. The number of benzene rings is 2. The van der Waals surface area contributed by atoms with Crippen LogP contribution in [0.5, 0.6) is 5.88 Å². The second-order valence-electron chi connectivity index (χ2n) is 9.99. The predicted octanol–water partition coefficient (Wildman–Crippen LogP) is 5.84. The first-order valence-electron chi connectivity index (χ1n) is 13.4. The molecule has 6 rings (SSSR count). The van der Waals surface area contributed by atoms with Crippen LogP contribution in [0.15, 0.2) is 47.0 Å². The Balaban J connectivity index is 1.43. The standard InChI is InChI=1S/C29H27F3N6O4/c1-15-35-22-6-3-16(12-23(22)41-15)20-14-34-25-24(20)27(42-19-7-9-40-10-8-19)38-28(37-25)36-21-5-4-17(26(39)33-2)11-18(21)13-29(30,31)32/h3-6,11-12,14,19H,7-10,13H2,1-2H3,(H,33,39)(H2,34,36,37,38). The van der Waals surface area contributed by atoms with Crippen molar-refractivity contribution in [1.29, 1.82) is 0 Å². The van der Waals surface area contributed by atoms with Gasteiger partial charge < -0.3 is 29.5 Å². The molecule has 1 saturated heterocycles. The zero-order valence-corrected chi connectivity index (χ0v) is 22.8. The Bertz CT molecular complexity index is 1770. The molecule has 3 aromatic heterocycles. The largest absolute Gasteiger partial charge is 0.474 e. The molecule has 1 aliphatic heterocycles. The molecule has 2 aromatic carbocycles. The van der Waals surface area contributed by atoms with Crippen molar-refractivity contribution < 1.29 is 31.9 Å². The van der Waals surface area contributed by atoms with E-state index in [1.165, 1.54) is 25.2 Å². The minimum Gasteiger partial charge on any atom is -0.474 e. The summed E-state index contributed by atoms with van der Waals surface area (Å²) in [5, 5.41) is 5.97. The summed E-state index contributed by atoms with van der Waals surface area (Å²) in [6, 6.07) is 9.70. The normalized spacial score (nSPS) is 14.4. The van der Waals surface area contributed by atoms with Gasteiger partial charge in [0.25, 0.3) is 5.91 Å². The van der Waals surface area contributed by atoms with Gasteiger partial charge in [-0.25, -0.2) is 4.98 Å². The molecule has 3 N–H and O–H groups in total. The third-order valence-corrected chi connectivity index (χ3v) is 6.98. The Morgan fingerprint density at radius 2 is 1.93 bits per heavy atom. The fourth-order valence-electron chi connectivity index (χ4n) is 5.01. The zero-order chi connectivity index (χ0) is 29.4. The number of aromatic amines is 1. The molecule has 0 saturated carbocycles. The highest BCUT2D eigenvalue weighted by atomic mass is 19.4. The Morgan fingerprint density at radius 1 is 1.12 bits per heavy atom. The molecule has 42 heavy (non-hydrogen) atoms. The molecule has 13 heteroatoms. The highest BCUT2D eigenvalue weighted by Crippen LogP contribution is 2.37. The van der Waals surface area contributed by atoms with Gasteiger partial charge in [0, 0.05) is 49.8 Å². The van der Waals surface area contributed by atoms with Crippen LogP contribution in [0.4, 0.5) is 24.8 Å². The summed E-state index contributed by atoms with van der Waals surface area (Å²) in [6.45, 7) is 2.87. The van der Waals surface area contributed by atoms with Crippen molar-refractivity contribution in [2.45, 2.75) is 38.5 Å². The van der Waals surface area contributed by atoms with Gasteiger partial charge in [-0.15, -0.1) is 0 Å². The molecule has 10 nitrogen and oxygen atoms in total. The molecule has 0 radical (unpaired) electrons. The number of amides is 1. The fraction of sp³-hybridized carbons (Fsp3) is 0.310. The molecule has 5 aromatic rings. The van der Waals surface area contributed by atoms with Gasteiger partial charge in [-0.3, -0.25) is 4.79 Å². The van der Waals surface area contributed by atoms with Gasteiger partial charge in [-0.2, -0.15) is 23.1 Å². The van der Waals surface area contributed by atoms with Gasteiger partial charge in [0.1, 0.15) is 17.3 Å². The Labute approximate surface area is 237 Å². The third-order valence-electron chi connectivity index (χ3n) is 6.98. The van der Waals surface area contributed by atoms with E-state index in [1.807, 2.05) is 18.2 Å². The maximum Gasteiger partial charge on any atom is 0.393 e. The molecular formula is C29H27F3N6O4. The van der Waals surface area contributed by atoms with Crippen LogP contribution in [0.3, 0.4) is 0 Å². The first-order chi connectivity index (χ1) is 20.2. The van der Waals surface area contributed by atoms with E-state index in [4.69, 9.17) is 13.9 Å².